The van der Waals surface area contributed by atoms with Crippen molar-refractivity contribution in [1.29, 1.82) is 0 Å². The number of nitrogens with zero attached hydrogens (tertiary/aromatic N) is 2. The molecule has 0 N–H and O–H groups in total. The highest BCUT2D eigenvalue weighted by molar-refractivity contribution is 6.99. The molecule has 0 radical (unpaired) electrons. The Morgan fingerprint density at radius 3 is 2.76 bits per heavy atom. The van der Waals surface area contributed by atoms with Gasteiger partial charge >= 0.3 is 0 Å². The molecule has 0 aliphatic rings. The molecule has 0 aliphatic heterocycles. The van der Waals surface area contributed by atoms with Crippen molar-refractivity contribution in [3.63, 3.8) is 0 Å². The van der Waals surface area contributed by atoms with Crippen molar-refractivity contribution in [2.45, 2.75) is 0 Å². The molecule has 6 heteroatoms. The second kappa shape index (κ2) is 5.95. The van der Waals surface area contributed by atoms with Gasteiger partial charge in [-0.05, 0) is 12.1 Å². The molecule has 0 saturated heterocycles. The van der Waals surface area contributed by atoms with Gasteiger partial charge in [-0.25, -0.2) is 0 Å². The number of ether oxygens (including phenoxy) is 2. The number of hydrogen-bond donors (Lipinski definition) is 0. The lowest BCUT2D eigenvalue weighted by Gasteiger charge is -2.09. The summed E-state index contributed by atoms with van der Waals surface area (Å²) in [4.78, 5) is 0. The first-order valence-corrected chi connectivity index (χ1v) is 6.13. The van der Waals surface area contributed by atoms with Gasteiger partial charge in [0.25, 0.3) is 0 Å². The average molecular weight is 271 g/mol. The van der Waals surface area contributed by atoms with Crippen LogP contribution in [0.5, 0.6) is 5.75 Å². The largest absolute Gasteiger partial charge is 0.490 e. The van der Waals surface area contributed by atoms with Crippen molar-refractivity contribution in [2.24, 2.45) is 0 Å². The zero-order chi connectivity index (χ0) is 12.1. The third kappa shape index (κ3) is 2.94. The maximum absolute atomic E-state index is 5.96. The van der Waals surface area contributed by atoms with E-state index in [-0.39, 0.29) is 0 Å². The highest BCUT2D eigenvalue weighted by Gasteiger charge is 2.13. The zero-order valence-electron chi connectivity index (χ0n) is 9.22. The van der Waals surface area contributed by atoms with Gasteiger partial charge in [0, 0.05) is 12.7 Å². The predicted molar refractivity (Wildman–Crippen MR) is 67.7 cm³/mol. The van der Waals surface area contributed by atoms with E-state index in [0.29, 0.717) is 24.1 Å². The first-order valence-electron chi connectivity index (χ1n) is 5.02. The van der Waals surface area contributed by atoms with Crippen LogP contribution < -0.4 is 4.74 Å². The molecule has 1 aromatic carbocycles. The molecule has 2 rings (SSSR count). The summed E-state index contributed by atoms with van der Waals surface area (Å²) in [7, 11) is 1.64. The van der Waals surface area contributed by atoms with Crippen molar-refractivity contribution < 1.29 is 9.47 Å². The minimum atomic E-state index is 0.401. The van der Waals surface area contributed by atoms with E-state index in [4.69, 9.17) is 21.1 Å². The number of methoxy groups -OCH3 is 1. The van der Waals surface area contributed by atoms with Gasteiger partial charge in [0.1, 0.15) is 18.1 Å². The summed E-state index contributed by atoms with van der Waals surface area (Å²) in [6, 6.07) is 7.60. The maximum Gasteiger partial charge on any atom is 0.171 e. The van der Waals surface area contributed by atoms with Crippen molar-refractivity contribution in [3.8, 4) is 17.0 Å². The van der Waals surface area contributed by atoms with Crippen LogP contribution in [-0.4, -0.2) is 29.1 Å². The Balaban J connectivity index is 2.25. The summed E-state index contributed by atoms with van der Waals surface area (Å²) in [5, 5.41) is 0.401. The lowest BCUT2D eigenvalue weighted by Crippen LogP contribution is -2.05. The molecule has 4 nitrogen and oxygen atoms in total. The van der Waals surface area contributed by atoms with E-state index in [1.165, 1.54) is 0 Å². The molecule has 1 heterocycles. The Kier molecular flexibility index (Phi) is 4.30. The standard InChI is InChI=1S/C11H11ClN2O2S/c1-15-6-7-16-9-5-3-2-4-8(9)10-11(12)14-17-13-10/h2-5H,6-7H2,1H3. The van der Waals surface area contributed by atoms with Crippen molar-refractivity contribution in [1.82, 2.24) is 8.75 Å². The molecule has 1 aromatic heterocycles. The number of halogens is 1. The Labute approximate surface area is 108 Å². The number of para-hydroxylation sites is 1. The molecule has 0 atom stereocenters. The summed E-state index contributed by atoms with van der Waals surface area (Å²) in [6.07, 6.45) is 0. The summed E-state index contributed by atoms with van der Waals surface area (Å²) in [5.41, 5.74) is 1.51. The highest BCUT2D eigenvalue weighted by Crippen LogP contribution is 2.33. The third-order valence-electron chi connectivity index (χ3n) is 2.14. The summed E-state index contributed by atoms with van der Waals surface area (Å²) in [5.74, 6) is 0.735. The van der Waals surface area contributed by atoms with E-state index >= 15 is 0 Å². The van der Waals surface area contributed by atoms with Gasteiger partial charge < -0.3 is 9.47 Å². The van der Waals surface area contributed by atoms with E-state index < -0.39 is 0 Å². The fourth-order valence-electron chi connectivity index (χ4n) is 1.36. The first-order chi connectivity index (χ1) is 8.33. The number of aromatic nitrogens is 2. The van der Waals surface area contributed by atoms with Crippen molar-refractivity contribution >= 4 is 23.3 Å². The monoisotopic (exact) mass is 270 g/mol. The summed E-state index contributed by atoms with van der Waals surface area (Å²) < 4.78 is 18.7. The number of benzene rings is 1. The van der Waals surface area contributed by atoms with Gasteiger partial charge in [0.2, 0.25) is 0 Å². The molecule has 0 amide bonds. The molecule has 0 spiro atoms. The molecule has 17 heavy (non-hydrogen) atoms. The number of hydrogen-bond acceptors (Lipinski definition) is 5. The van der Waals surface area contributed by atoms with Gasteiger partial charge in [-0.3, -0.25) is 0 Å². The minimum Gasteiger partial charge on any atom is -0.490 e. The third-order valence-corrected chi connectivity index (χ3v) is 3.03. The Morgan fingerprint density at radius 1 is 1.24 bits per heavy atom. The van der Waals surface area contributed by atoms with E-state index in [1.54, 1.807) is 7.11 Å². The highest BCUT2D eigenvalue weighted by atomic mass is 35.5. The lowest BCUT2D eigenvalue weighted by molar-refractivity contribution is 0.146. The number of rotatable bonds is 5. The average Bonchev–Trinajstić information content (AvgIpc) is 2.76. The van der Waals surface area contributed by atoms with Crippen molar-refractivity contribution in [2.75, 3.05) is 20.3 Å². The van der Waals surface area contributed by atoms with Crippen LogP contribution in [-0.2, 0) is 4.74 Å². The molecule has 0 fully saturated rings. The predicted octanol–water partition coefficient (Wildman–Crippen LogP) is 2.88. The molecule has 0 aliphatic carbocycles. The summed E-state index contributed by atoms with van der Waals surface area (Å²) in [6.45, 7) is 1.03. The van der Waals surface area contributed by atoms with E-state index in [0.717, 1.165) is 23.0 Å². The molecule has 0 bridgehead atoms. The van der Waals surface area contributed by atoms with E-state index in [2.05, 4.69) is 8.75 Å². The summed E-state index contributed by atoms with van der Waals surface area (Å²) >= 11 is 7.05. The second-order valence-electron chi connectivity index (χ2n) is 3.24. The minimum absolute atomic E-state index is 0.401. The van der Waals surface area contributed by atoms with Gasteiger partial charge in [0.05, 0.1) is 18.3 Å². The van der Waals surface area contributed by atoms with E-state index in [1.807, 2.05) is 24.3 Å². The van der Waals surface area contributed by atoms with Crippen LogP contribution >= 0.6 is 23.3 Å². The Hall–Kier alpha value is -1.17. The van der Waals surface area contributed by atoms with Gasteiger partial charge in [-0.1, -0.05) is 23.7 Å². The SMILES string of the molecule is COCCOc1ccccc1-c1nsnc1Cl. The van der Waals surface area contributed by atoms with Crippen LogP contribution in [0.15, 0.2) is 24.3 Å². The smallest absolute Gasteiger partial charge is 0.171 e. The second-order valence-corrected chi connectivity index (χ2v) is 4.13. The Bertz CT molecular complexity index is 490. The van der Waals surface area contributed by atoms with Gasteiger partial charge in [0.15, 0.2) is 5.15 Å². The van der Waals surface area contributed by atoms with Crippen LogP contribution in [0.25, 0.3) is 11.3 Å². The van der Waals surface area contributed by atoms with Gasteiger partial charge in [-0.15, -0.1) is 0 Å². The zero-order valence-corrected chi connectivity index (χ0v) is 10.8. The van der Waals surface area contributed by atoms with Crippen LogP contribution in [0.1, 0.15) is 0 Å². The van der Waals surface area contributed by atoms with Crippen LogP contribution in [0.2, 0.25) is 5.15 Å². The molecule has 90 valence electrons. The molecule has 2 aromatic rings. The fourth-order valence-corrected chi connectivity index (χ4v) is 2.11. The molecular weight excluding hydrogens is 260 g/mol. The van der Waals surface area contributed by atoms with Crippen LogP contribution in [0, 0.1) is 0 Å². The molecular formula is C11H11ClN2O2S. The fraction of sp³-hybridized carbons (Fsp3) is 0.273. The lowest BCUT2D eigenvalue weighted by atomic mass is 10.1. The van der Waals surface area contributed by atoms with Crippen LogP contribution in [0.3, 0.4) is 0 Å². The molecule has 0 unspecified atom stereocenters. The van der Waals surface area contributed by atoms with Crippen molar-refractivity contribution in [3.05, 3.63) is 29.4 Å². The normalized spacial score (nSPS) is 10.5. The molecule has 0 saturated carbocycles. The first kappa shape index (κ1) is 12.3. The Morgan fingerprint density at radius 2 is 2.06 bits per heavy atom. The van der Waals surface area contributed by atoms with Gasteiger partial charge in [-0.2, -0.15) is 8.75 Å². The van der Waals surface area contributed by atoms with Crippen LogP contribution in [0.4, 0.5) is 0 Å². The topological polar surface area (TPSA) is 44.2 Å². The maximum atomic E-state index is 5.96. The van der Waals surface area contributed by atoms with E-state index in [9.17, 15) is 0 Å². The quantitative estimate of drug-likeness (QED) is 0.784.